The zero-order chi connectivity index (χ0) is 15.4. The van der Waals surface area contributed by atoms with Gasteiger partial charge < -0.3 is 15.1 Å². The topological polar surface area (TPSA) is 48.5 Å². The molecule has 2 heterocycles. The van der Waals surface area contributed by atoms with Crippen molar-refractivity contribution in [2.45, 2.75) is 20.3 Å². The molecule has 0 spiro atoms. The van der Waals surface area contributed by atoms with Crippen LogP contribution in [0.5, 0.6) is 0 Å². The number of halogens is 2. The molecule has 0 unspecified atom stereocenters. The number of piperazine rings is 1. The third-order valence-electron chi connectivity index (χ3n) is 3.48. The van der Waals surface area contributed by atoms with E-state index in [1.54, 1.807) is 13.0 Å². The second-order valence-electron chi connectivity index (χ2n) is 5.04. The molecule has 2 rings (SSSR count). The Morgan fingerprint density at radius 1 is 1.29 bits per heavy atom. The van der Waals surface area contributed by atoms with Crippen LogP contribution >= 0.6 is 23.2 Å². The van der Waals surface area contributed by atoms with Gasteiger partial charge in [-0.15, -0.1) is 0 Å². The normalized spacial score (nSPS) is 15.2. The van der Waals surface area contributed by atoms with Crippen molar-refractivity contribution in [1.82, 2.24) is 9.88 Å². The fourth-order valence-electron chi connectivity index (χ4n) is 2.28. The molecule has 1 aliphatic rings. The van der Waals surface area contributed by atoms with Gasteiger partial charge in [-0.25, -0.2) is 4.98 Å². The number of nitrogens with zero attached hydrogens (tertiary/aromatic N) is 3. The number of aromatic nitrogens is 1. The average molecular weight is 331 g/mol. The summed E-state index contributed by atoms with van der Waals surface area (Å²) >= 11 is 12.4. The Balaban J connectivity index is 2.14. The molecule has 1 amide bonds. The first-order valence-corrected chi connectivity index (χ1v) is 7.89. The fraction of sp³-hybridized carbons (Fsp3) is 0.571. The fourth-order valence-corrected chi connectivity index (χ4v) is 2.82. The second kappa shape index (κ2) is 7.18. The van der Waals surface area contributed by atoms with Crippen LogP contribution in [-0.2, 0) is 4.79 Å². The van der Waals surface area contributed by atoms with Crippen LogP contribution in [-0.4, -0.2) is 48.5 Å². The molecule has 0 aromatic carbocycles. The van der Waals surface area contributed by atoms with Crippen molar-refractivity contribution in [3.8, 4) is 0 Å². The molecule has 0 radical (unpaired) electrons. The summed E-state index contributed by atoms with van der Waals surface area (Å²) in [7, 11) is 0. The van der Waals surface area contributed by atoms with E-state index in [0.717, 1.165) is 31.9 Å². The highest BCUT2D eigenvalue weighted by molar-refractivity contribution is 6.37. The molecular formula is C14H20Cl2N4O. The van der Waals surface area contributed by atoms with Gasteiger partial charge in [-0.1, -0.05) is 30.1 Å². The predicted molar refractivity (Wildman–Crippen MR) is 87.5 cm³/mol. The first kappa shape index (κ1) is 16.2. The van der Waals surface area contributed by atoms with Crippen molar-refractivity contribution in [3.63, 3.8) is 0 Å². The van der Waals surface area contributed by atoms with Gasteiger partial charge in [-0.2, -0.15) is 0 Å². The van der Waals surface area contributed by atoms with Crippen molar-refractivity contribution in [1.29, 1.82) is 0 Å². The number of anilines is 2. The number of rotatable bonds is 4. The lowest BCUT2D eigenvalue weighted by atomic mass is 10.3. The molecule has 1 N–H and O–H groups in total. The van der Waals surface area contributed by atoms with Crippen molar-refractivity contribution in [2.75, 3.05) is 42.9 Å². The number of nitrogens with one attached hydrogen (secondary N) is 1. The zero-order valence-corrected chi connectivity index (χ0v) is 13.8. The van der Waals surface area contributed by atoms with E-state index in [9.17, 15) is 4.79 Å². The molecular weight excluding hydrogens is 311 g/mol. The standard InChI is InChI=1S/C14H20Cl2N4O/c1-3-4-17-13-11(15)9-12(16)14(18-13)20-7-5-19(6-8-20)10(2)21/h9H,3-8H2,1-2H3,(H,17,18). The van der Waals surface area contributed by atoms with Gasteiger partial charge in [0.2, 0.25) is 5.91 Å². The lowest BCUT2D eigenvalue weighted by Gasteiger charge is -2.35. The predicted octanol–water partition coefficient (Wildman–Crippen LogP) is 2.88. The van der Waals surface area contributed by atoms with Crippen molar-refractivity contribution in [3.05, 3.63) is 16.1 Å². The van der Waals surface area contributed by atoms with Crippen molar-refractivity contribution < 1.29 is 4.79 Å². The Hall–Kier alpha value is -1.20. The summed E-state index contributed by atoms with van der Waals surface area (Å²) in [5.41, 5.74) is 0. The summed E-state index contributed by atoms with van der Waals surface area (Å²) < 4.78 is 0. The summed E-state index contributed by atoms with van der Waals surface area (Å²) in [6.07, 6.45) is 0.993. The molecule has 116 valence electrons. The van der Waals surface area contributed by atoms with Crippen LogP contribution in [0.3, 0.4) is 0 Å². The highest BCUT2D eigenvalue weighted by Crippen LogP contribution is 2.32. The maximum atomic E-state index is 11.4. The van der Waals surface area contributed by atoms with E-state index < -0.39 is 0 Å². The molecule has 5 nitrogen and oxygen atoms in total. The molecule has 1 saturated heterocycles. The summed E-state index contributed by atoms with van der Waals surface area (Å²) in [5, 5.41) is 4.27. The third kappa shape index (κ3) is 3.92. The lowest BCUT2D eigenvalue weighted by molar-refractivity contribution is -0.129. The van der Waals surface area contributed by atoms with Gasteiger partial charge in [-0.05, 0) is 12.5 Å². The first-order valence-electron chi connectivity index (χ1n) is 7.13. The minimum atomic E-state index is 0.107. The van der Waals surface area contributed by atoms with E-state index in [1.807, 2.05) is 4.90 Å². The average Bonchev–Trinajstić information content (AvgIpc) is 2.46. The summed E-state index contributed by atoms with van der Waals surface area (Å²) in [6, 6.07) is 1.72. The molecule has 0 aliphatic carbocycles. The molecule has 1 aromatic rings. The molecule has 1 fully saturated rings. The number of carbonyl (C=O) groups is 1. The maximum absolute atomic E-state index is 11.4. The van der Waals surface area contributed by atoms with E-state index in [-0.39, 0.29) is 5.91 Å². The Labute approximate surface area is 135 Å². The quantitative estimate of drug-likeness (QED) is 0.922. The van der Waals surface area contributed by atoms with E-state index in [1.165, 1.54) is 0 Å². The Morgan fingerprint density at radius 3 is 2.52 bits per heavy atom. The number of amides is 1. The molecule has 0 saturated carbocycles. The maximum Gasteiger partial charge on any atom is 0.219 e. The van der Waals surface area contributed by atoms with Gasteiger partial charge in [0.1, 0.15) is 11.6 Å². The van der Waals surface area contributed by atoms with Crippen molar-refractivity contribution >= 4 is 40.7 Å². The Morgan fingerprint density at radius 2 is 1.95 bits per heavy atom. The summed E-state index contributed by atoms with van der Waals surface area (Å²) in [6.45, 7) is 7.31. The van der Waals surface area contributed by atoms with Crippen LogP contribution in [0.25, 0.3) is 0 Å². The van der Waals surface area contributed by atoms with Gasteiger partial charge in [-0.3, -0.25) is 4.79 Å². The Bertz CT molecular complexity index is 516. The Kier molecular flexibility index (Phi) is 5.53. The van der Waals surface area contributed by atoms with E-state index in [4.69, 9.17) is 23.2 Å². The van der Waals surface area contributed by atoms with Crippen LogP contribution in [0.1, 0.15) is 20.3 Å². The zero-order valence-electron chi connectivity index (χ0n) is 12.3. The molecule has 1 aliphatic heterocycles. The van der Waals surface area contributed by atoms with Gasteiger partial charge in [0, 0.05) is 39.6 Å². The number of hydrogen-bond acceptors (Lipinski definition) is 4. The third-order valence-corrected chi connectivity index (χ3v) is 4.04. The highest BCUT2D eigenvalue weighted by Gasteiger charge is 2.22. The van der Waals surface area contributed by atoms with Crippen LogP contribution in [0.15, 0.2) is 6.07 Å². The van der Waals surface area contributed by atoms with Crippen LogP contribution in [0.4, 0.5) is 11.6 Å². The molecule has 21 heavy (non-hydrogen) atoms. The minimum absolute atomic E-state index is 0.107. The molecule has 1 aromatic heterocycles. The second-order valence-corrected chi connectivity index (χ2v) is 5.86. The highest BCUT2D eigenvalue weighted by atomic mass is 35.5. The van der Waals surface area contributed by atoms with Gasteiger partial charge in [0.15, 0.2) is 0 Å². The largest absolute Gasteiger partial charge is 0.369 e. The number of carbonyl (C=O) groups excluding carboxylic acids is 1. The molecule has 0 bridgehead atoms. The summed E-state index contributed by atoms with van der Waals surface area (Å²) in [5.74, 6) is 1.49. The molecule has 0 atom stereocenters. The van der Waals surface area contributed by atoms with Crippen LogP contribution in [0, 0.1) is 0 Å². The van der Waals surface area contributed by atoms with Gasteiger partial charge in [0.25, 0.3) is 0 Å². The molecule has 7 heteroatoms. The van der Waals surface area contributed by atoms with Crippen LogP contribution in [0.2, 0.25) is 10.0 Å². The lowest BCUT2D eigenvalue weighted by Crippen LogP contribution is -2.48. The SMILES string of the molecule is CCCNc1nc(N2CCN(C(C)=O)CC2)c(Cl)cc1Cl. The van der Waals surface area contributed by atoms with E-state index >= 15 is 0 Å². The van der Waals surface area contributed by atoms with Gasteiger partial charge >= 0.3 is 0 Å². The van der Waals surface area contributed by atoms with E-state index in [0.29, 0.717) is 29.0 Å². The van der Waals surface area contributed by atoms with E-state index in [2.05, 4.69) is 22.1 Å². The summed E-state index contributed by atoms with van der Waals surface area (Å²) in [4.78, 5) is 19.8. The monoisotopic (exact) mass is 330 g/mol. The van der Waals surface area contributed by atoms with Crippen molar-refractivity contribution in [2.24, 2.45) is 0 Å². The number of hydrogen-bond donors (Lipinski definition) is 1. The minimum Gasteiger partial charge on any atom is -0.369 e. The van der Waals surface area contributed by atoms with Crippen LogP contribution < -0.4 is 10.2 Å². The number of pyridine rings is 1. The van der Waals surface area contributed by atoms with Gasteiger partial charge in [0.05, 0.1) is 10.0 Å². The first-order chi connectivity index (χ1) is 10.0. The smallest absolute Gasteiger partial charge is 0.219 e.